The first-order valence-corrected chi connectivity index (χ1v) is 4.63. The summed E-state index contributed by atoms with van der Waals surface area (Å²) in [5.74, 6) is 0.552. The molecule has 5 heteroatoms. The van der Waals surface area contributed by atoms with Gasteiger partial charge in [-0.25, -0.2) is 4.98 Å². The summed E-state index contributed by atoms with van der Waals surface area (Å²) in [7, 11) is 0. The van der Waals surface area contributed by atoms with Crippen LogP contribution in [0.3, 0.4) is 0 Å². The van der Waals surface area contributed by atoms with Crippen molar-refractivity contribution in [1.29, 1.82) is 0 Å². The number of nitrogens with zero attached hydrogens (tertiary/aromatic N) is 1. The maximum atomic E-state index is 10.8. The van der Waals surface area contributed by atoms with Gasteiger partial charge in [0, 0.05) is 12.5 Å². The van der Waals surface area contributed by atoms with Crippen LogP contribution in [0.4, 0.5) is 5.69 Å². The second-order valence-electron chi connectivity index (χ2n) is 3.21. The van der Waals surface area contributed by atoms with Crippen molar-refractivity contribution in [2.75, 3.05) is 5.73 Å². The Hall–Kier alpha value is -2.30. The number of nitrogen functional groups attached to an aromatic ring is 1. The van der Waals surface area contributed by atoms with Gasteiger partial charge in [-0.1, -0.05) is 0 Å². The Labute approximate surface area is 91.8 Å². The second-order valence-corrected chi connectivity index (χ2v) is 3.21. The number of rotatable bonds is 2. The number of oxazole rings is 1. The lowest BCUT2D eigenvalue weighted by Gasteiger charge is -2.05. The molecule has 16 heavy (non-hydrogen) atoms. The minimum absolute atomic E-state index is 0.343. The van der Waals surface area contributed by atoms with Crippen molar-refractivity contribution in [1.82, 2.24) is 4.98 Å². The topological polar surface area (TPSA) is 78.3 Å². The number of esters is 1. The van der Waals surface area contributed by atoms with Crippen LogP contribution in [0.5, 0.6) is 5.75 Å². The average molecular weight is 218 g/mol. The normalized spacial score (nSPS) is 10.1. The molecule has 2 N–H and O–H groups in total. The van der Waals surface area contributed by atoms with Crippen LogP contribution in [-0.2, 0) is 4.79 Å². The number of carbonyl (C=O) groups excluding carboxylic acids is 1. The van der Waals surface area contributed by atoms with Crippen LogP contribution >= 0.6 is 0 Å². The molecule has 0 aliphatic carbocycles. The Kier molecular flexibility index (Phi) is 2.59. The monoisotopic (exact) mass is 218 g/mol. The van der Waals surface area contributed by atoms with Gasteiger partial charge in [0.15, 0.2) is 17.9 Å². The van der Waals surface area contributed by atoms with Crippen molar-refractivity contribution in [3.8, 4) is 17.1 Å². The quantitative estimate of drug-likeness (QED) is 0.472. The van der Waals surface area contributed by atoms with Crippen molar-refractivity contribution in [3.63, 3.8) is 0 Å². The summed E-state index contributed by atoms with van der Waals surface area (Å²) < 4.78 is 10.0. The second kappa shape index (κ2) is 4.06. The van der Waals surface area contributed by atoms with E-state index < -0.39 is 5.97 Å². The van der Waals surface area contributed by atoms with Crippen molar-refractivity contribution in [2.45, 2.75) is 6.92 Å². The van der Waals surface area contributed by atoms with Crippen molar-refractivity contribution in [2.24, 2.45) is 0 Å². The summed E-state index contributed by atoms with van der Waals surface area (Å²) in [6, 6.07) is 5.03. The highest BCUT2D eigenvalue weighted by atomic mass is 16.5. The zero-order valence-electron chi connectivity index (χ0n) is 8.64. The largest absolute Gasteiger partial charge is 0.444 e. The summed E-state index contributed by atoms with van der Waals surface area (Å²) >= 11 is 0. The molecule has 0 spiro atoms. The van der Waals surface area contributed by atoms with Crippen LogP contribution < -0.4 is 10.5 Å². The maximum absolute atomic E-state index is 10.8. The number of hydrogen-bond donors (Lipinski definition) is 1. The first kappa shape index (κ1) is 10.2. The van der Waals surface area contributed by atoms with Crippen LogP contribution in [-0.4, -0.2) is 11.0 Å². The first-order chi connectivity index (χ1) is 7.66. The molecule has 0 bridgehead atoms. The molecule has 0 radical (unpaired) electrons. The van der Waals surface area contributed by atoms with Gasteiger partial charge in [-0.3, -0.25) is 4.79 Å². The van der Waals surface area contributed by atoms with Gasteiger partial charge >= 0.3 is 5.97 Å². The van der Waals surface area contributed by atoms with Crippen molar-refractivity contribution in [3.05, 3.63) is 30.8 Å². The molecule has 0 atom stereocenters. The van der Waals surface area contributed by atoms with Crippen LogP contribution in [0.2, 0.25) is 0 Å². The van der Waals surface area contributed by atoms with E-state index in [4.69, 9.17) is 14.9 Å². The number of anilines is 1. The van der Waals surface area contributed by atoms with Gasteiger partial charge in [0.05, 0.1) is 11.9 Å². The van der Waals surface area contributed by atoms with E-state index in [2.05, 4.69) is 4.98 Å². The highest BCUT2D eigenvalue weighted by Crippen LogP contribution is 2.28. The molecule has 1 aromatic heterocycles. The van der Waals surface area contributed by atoms with E-state index >= 15 is 0 Å². The highest BCUT2D eigenvalue weighted by molar-refractivity contribution is 5.74. The summed E-state index contributed by atoms with van der Waals surface area (Å²) in [6.45, 7) is 1.32. The zero-order chi connectivity index (χ0) is 11.5. The third-order valence-corrected chi connectivity index (χ3v) is 1.98. The smallest absolute Gasteiger partial charge is 0.308 e. The summed E-state index contributed by atoms with van der Waals surface area (Å²) in [5, 5.41) is 0. The summed E-state index contributed by atoms with van der Waals surface area (Å²) in [5.41, 5.74) is 6.90. The van der Waals surface area contributed by atoms with Crippen LogP contribution in [0.1, 0.15) is 6.92 Å². The lowest BCUT2D eigenvalue weighted by molar-refractivity contribution is -0.131. The van der Waals surface area contributed by atoms with Crippen LogP contribution in [0.15, 0.2) is 35.2 Å². The molecule has 0 unspecified atom stereocenters. The molecule has 2 rings (SSSR count). The SMILES string of the molecule is CC(=O)Oc1ccc(-c2cnco2)cc1N. The van der Waals surface area contributed by atoms with Gasteiger partial charge in [0.2, 0.25) is 0 Å². The molecule has 2 aromatic rings. The van der Waals surface area contributed by atoms with Gasteiger partial charge < -0.3 is 14.9 Å². The Morgan fingerprint density at radius 2 is 2.31 bits per heavy atom. The molecule has 1 heterocycles. The standard InChI is InChI=1S/C11H10N2O3/c1-7(14)16-10-3-2-8(4-9(10)12)11-5-13-6-15-11/h2-6H,12H2,1H3. The van der Waals surface area contributed by atoms with Gasteiger partial charge in [-0.15, -0.1) is 0 Å². The predicted octanol–water partition coefficient (Wildman–Crippen LogP) is 1.85. The van der Waals surface area contributed by atoms with E-state index in [0.29, 0.717) is 17.2 Å². The highest BCUT2D eigenvalue weighted by Gasteiger charge is 2.07. The van der Waals surface area contributed by atoms with Crippen LogP contribution in [0, 0.1) is 0 Å². The van der Waals surface area contributed by atoms with E-state index in [1.165, 1.54) is 13.3 Å². The van der Waals surface area contributed by atoms with Gasteiger partial charge in [-0.05, 0) is 18.2 Å². The van der Waals surface area contributed by atoms with Gasteiger partial charge in [0.25, 0.3) is 0 Å². The molecular formula is C11H10N2O3. The molecule has 0 saturated heterocycles. The fourth-order valence-electron chi connectivity index (χ4n) is 1.31. The molecule has 0 saturated carbocycles. The first-order valence-electron chi connectivity index (χ1n) is 4.63. The molecule has 0 fully saturated rings. The predicted molar refractivity (Wildman–Crippen MR) is 57.7 cm³/mol. The lowest BCUT2D eigenvalue weighted by Crippen LogP contribution is -2.03. The molecule has 0 aliphatic heterocycles. The van der Waals surface area contributed by atoms with E-state index in [9.17, 15) is 4.79 Å². The molecule has 1 aromatic carbocycles. The molecule has 0 amide bonds. The number of hydrogen-bond acceptors (Lipinski definition) is 5. The third kappa shape index (κ3) is 2.03. The van der Waals surface area contributed by atoms with Gasteiger partial charge in [0.1, 0.15) is 0 Å². The minimum Gasteiger partial charge on any atom is -0.444 e. The fraction of sp³-hybridized carbons (Fsp3) is 0.0909. The molecule has 5 nitrogen and oxygen atoms in total. The number of nitrogens with two attached hydrogens (primary N) is 1. The van der Waals surface area contributed by atoms with Crippen molar-refractivity contribution >= 4 is 11.7 Å². The molecule has 0 aliphatic rings. The minimum atomic E-state index is -0.404. The van der Waals surface area contributed by atoms with E-state index in [-0.39, 0.29) is 0 Å². The zero-order valence-corrected chi connectivity index (χ0v) is 8.64. The Morgan fingerprint density at radius 3 is 2.88 bits per heavy atom. The molecular weight excluding hydrogens is 208 g/mol. The van der Waals surface area contributed by atoms with E-state index in [0.717, 1.165) is 5.56 Å². The number of carbonyl (C=O) groups is 1. The maximum Gasteiger partial charge on any atom is 0.308 e. The van der Waals surface area contributed by atoms with E-state index in [1.54, 1.807) is 24.4 Å². The van der Waals surface area contributed by atoms with Crippen LogP contribution in [0.25, 0.3) is 11.3 Å². The summed E-state index contributed by atoms with van der Waals surface area (Å²) in [6.07, 6.45) is 2.92. The number of aromatic nitrogens is 1. The third-order valence-electron chi connectivity index (χ3n) is 1.98. The Balaban J connectivity index is 2.33. The summed E-state index contributed by atoms with van der Waals surface area (Å²) in [4.78, 5) is 14.6. The Morgan fingerprint density at radius 1 is 1.50 bits per heavy atom. The van der Waals surface area contributed by atoms with Crippen molar-refractivity contribution < 1.29 is 13.9 Å². The number of benzene rings is 1. The van der Waals surface area contributed by atoms with Gasteiger partial charge in [-0.2, -0.15) is 0 Å². The fourth-order valence-corrected chi connectivity index (χ4v) is 1.31. The Bertz CT molecular complexity index is 506. The average Bonchev–Trinajstić information content (AvgIpc) is 2.73. The van der Waals surface area contributed by atoms with E-state index in [1.807, 2.05) is 0 Å². The number of ether oxygens (including phenoxy) is 1. The lowest BCUT2D eigenvalue weighted by atomic mass is 10.1. The molecule has 82 valence electrons.